The molecule has 2 heterocycles. The van der Waals surface area contributed by atoms with E-state index in [-0.39, 0.29) is 18.7 Å². The number of amides is 1. The number of benzene rings is 1. The molecule has 25 heavy (non-hydrogen) atoms. The maximum absolute atomic E-state index is 12.6. The van der Waals surface area contributed by atoms with Crippen molar-refractivity contribution in [2.24, 2.45) is 0 Å². The summed E-state index contributed by atoms with van der Waals surface area (Å²) in [5.41, 5.74) is 2.35. The van der Waals surface area contributed by atoms with E-state index in [0.717, 1.165) is 35.6 Å². The van der Waals surface area contributed by atoms with Crippen molar-refractivity contribution in [3.05, 3.63) is 30.0 Å². The summed E-state index contributed by atoms with van der Waals surface area (Å²) in [6, 6.07) is 7.95. The zero-order valence-electron chi connectivity index (χ0n) is 14.5. The van der Waals surface area contributed by atoms with Crippen LogP contribution in [0, 0.1) is 0 Å². The number of nitrogens with zero attached hydrogens (tertiary/aromatic N) is 2. The molecular formula is C19H23N3O3. The number of aryl methyl sites for hydroxylation is 1. The van der Waals surface area contributed by atoms with Crippen LogP contribution in [0.15, 0.2) is 24.3 Å². The summed E-state index contributed by atoms with van der Waals surface area (Å²) in [5.74, 6) is 1.40. The van der Waals surface area contributed by atoms with E-state index in [1.165, 1.54) is 19.3 Å². The third kappa shape index (κ3) is 3.21. The second-order valence-corrected chi connectivity index (χ2v) is 6.61. The molecule has 1 saturated carbocycles. The number of aromatic nitrogens is 2. The number of nitrogens with one attached hydrogen (secondary N) is 1. The number of fused-ring (bicyclic) bond motifs is 1. The van der Waals surface area contributed by atoms with Gasteiger partial charge in [-0.1, -0.05) is 19.3 Å². The third-order valence-electron chi connectivity index (χ3n) is 4.92. The second-order valence-electron chi connectivity index (χ2n) is 6.61. The Morgan fingerprint density at radius 3 is 2.80 bits per heavy atom. The lowest BCUT2D eigenvalue weighted by Crippen LogP contribution is -2.36. The Morgan fingerprint density at radius 1 is 1.20 bits per heavy atom. The Hall–Kier alpha value is -2.50. The lowest BCUT2D eigenvalue weighted by molar-refractivity contribution is 0.0922. The fourth-order valence-electron chi connectivity index (χ4n) is 3.56. The molecule has 6 nitrogen and oxygen atoms in total. The summed E-state index contributed by atoms with van der Waals surface area (Å²) in [6.45, 7) is 2.97. The molecule has 2 aliphatic rings. The maximum Gasteiger partial charge on any atom is 0.272 e. The molecule has 0 radical (unpaired) electrons. The lowest BCUT2D eigenvalue weighted by atomic mass is 9.95. The first kappa shape index (κ1) is 16.0. The van der Waals surface area contributed by atoms with E-state index < -0.39 is 0 Å². The Kier molecular flexibility index (Phi) is 4.34. The summed E-state index contributed by atoms with van der Waals surface area (Å²) in [4.78, 5) is 12.6. The number of rotatable bonds is 4. The molecule has 0 unspecified atom stereocenters. The predicted molar refractivity (Wildman–Crippen MR) is 93.8 cm³/mol. The Balaban J connectivity index is 1.58. The second kappa shape index (κ2) is 6.78. The molecule has 1 N–H and O–H groups in total. The minimum atomic E-state index is -0.0823. The van der Waals surface area contributed by atoms with E-state index in [1.807, 2.05) is 35.9 Å². The van der Waals surface area contributed by atoms with Gasteiger partial charge in [0.05, 0.1) is 5.69 Å². The van der Waals surface area contributed by atoms with Crippen LogP contribution in [-0.2, 0) is 6.54 Å². The Labute approximate surface area is 147 Å². The number of hydrogen-bond acceptors (Lipinski definition) is 4. The van der Waals surface area contributed by atoms with E-state index in [9.17, 15) is 4.79 Å². The zero-order valence-corrected chi connectivity index (χ0v) is 14.5. The minimum Gasteiger partial charge on any atom is -0.454 e. The molecule has 1 fully saturated rings. The van der Waals surface area contributed by atoms with E-state index in [0.29, 0.717) is 12.2 Å². The fourth-order valence-corrected chi connectivity index (χ4v) is 3.56. The maximum atomic E-state index is 12.6. The Morgan fingerprint density at radius 2 is 2.00 bits per heavy atom. The number of carbonyl (C=O) groups excluding carboxylic acids is 1. The molecule has 0 spiro atoms. The van der Waals surface area contributed by atoms with Crippen molar-refractivity contribution in [1.29, 1.82) is 0 Å². The summed E-state index contributed by atoms with van der Waals surface area (Å²) in [7, 11) is 0. The molecule has 1 aromatic carbocycles. The molecule has 6 heteroatoms. The standard InChI is InChI=1S/C19H23N3O3/c1-2-22-16(13-8-9-17-18(10-13)25-12-24-17)11-15(21-22)19(23)20-14-6-4-3-5-7-14/h8-11,14H,2-7,12H2,1H3,(H,20,23). The van der Waals surface area contributed by atoms with Gasteiger partial charge in [0.15, 0.2) is 17.2 Å². The van der Waals surface area contributed by atoms with Crippen LogP contribution >= 0.6 is 0 Å². The van der Waals surface area contributed by atoms with Crippen LogP contribution in [0.25, 0.3) is 11.3 Å². The van der Waals surface area contributed by atoms with Crippen molar-refractivity contribution < 1.29 is 14.3 Å². The van der Waals surface area contributed by atoms with Gasteiger partial charge >= 0.3 is 0 Å². The summed E-state index contributed by atoms with van der Waals surface area (Å²) in [5, 5.41) is 7.63. The molecule has 0 atom stereocenters. The first-order valence-electron chi connectivity index (χ1n) is 9.03. The summed E-state index contributed by atoms with van der Waals surface area (Å²) < 4.78 is 12.7. The zero-order chi connectivity index (χ0) is 17.2. The summed E-state index contributed by atoms with van der Waals surface area (Å²) >= 11 is 0. The molecule has 0 bridgehead atoms. The van der Waals surface area contributed by atoms with Gasteiger partial charge in [-0.15, -0.1) is 0 Å². The average Bonchev–Trinajstić information content (AvgIpc) is 3.28. The van der Waals surface area contributed by atoms with Gasteiger partial charge < -0.3 is 14.8 Å². The smallest absolute Gasteiger partial charge is 0.272 e. The largest absolute Gasteiger partial charge is 0.454 e. The van der Waals surface area contributed by atoms with Crippen LogP contribution in [-0.4, -0.2) is 28.5 Å². The van der Waals surface area contributed by atoms with Crippen LogP contribution in [0.5, 0.6) is 11.5 Å². The van der Waals surface area contributed by atoms with Crippen molar-refractivity contribution in [3.63, 3.8) is 0 Å². The van der Waals surface area contributed by atoms with Gasteiger partial charge in [-0.05, 0) is 44.0 Å². The van der Waals surface area contributed by atoms with Crippen LogP contribution in [0.4, 0.5) is 0 Å². The van der Waals surface area contributed by atoms with Crippen molar-refractivity contribution in [2.75, 3.05) is 6.79 Å². The molecular weight excluding hydrogens is 318 g/mol. The normalized spacial score (nSPS) is 16.8. The fraction of sp³-hybridized carbons (Fsp3) is 0.474. The molecule has 4 rings (SSSR count). The highest BCUT2D eigenvalue weighted by atomic mass is 16.7. The number of ether oxygens (including phenoxy) is 2. The SMILES string of the molecule is CCn1nc(C(=O)NC2CCCCC2)cc1-c1ccc2c(c1)OCO2. The van der Waals surface area contributed by atoms with Crippen LogP contribution < -0.4 is 14.8 Å². The predicted octanol–water partition coefficient (Wildman–Crippen LogP) is 3.36. The quantitative estimate of drug-likeness (QED) is 0.926. The van der Waals surface area contributed by atoms with E-state index in [2.05, 4.69) is 10.4 Å². The summed E-state index contributed by atoms with van der Waals surface area (Å²) in [6.07, 6.45) is 5.78. The number of carbonyl (C=O) groups is 1. The van der Waals surface area contributed by atoms with Gasteiger partial charge in [0, 0.05) is 18.2 Å². The molecule has 1 aliphatic carbocycles. The third-order valence-corrected chi connectivity index (χ3v) is 4.92. The van der Waals surface area contributed by atoms with Crippen molar-refractivity contribution in [3.8, 4) is 22.8 Å². The molecule has 1 amide bonds. The van der Waals surface area contributed by atoms with Crippen LogP contribution in [0.3, 0.4) is 0 Å². The first-order valence-corrected chi connectivity index (χ1v) is 9.03. The van der Waals surface area contributed by atoms with Gasteiger partial charge in [-0.3, -0.25) is 9.48 Å². The van der Waals surface area contributed by atoms with Crippen LogP contribution in [0.2, 0.25) is 0 Å². The van der Waals surface area contributed by atoms with E-state index >= 15 is 0 Å². The van der Waals surface area contributed by atoms with Gasteiger partial charge in [-0.25, -0.2) is 0 Å². The van der Waals surface area contributed by atoms with E-state index in [1.54, 1.807) is 0 Å². The molecule has 132 valence electrons. The molecule has 1 aliphatic heterocycles. The van der Waals surface area contributed by atoms with Gasteiger partial charge in [0.2, 0.25) is 6.79 Å². The molecule has 2 aromatic rings. The van der Waals surface area contributed by atoms with Gasteiger partial charge in [0.1, 0.15) is 0 Å². The van der Waals surface area contributed by atoms with E-state index in [4.69, 9.17) is 9.47 Å². The molecule has 1 aromatic heterocycles. The minimum absolute atomic E-state index is 0.0823. The highest BCUT2D eigenvalue weighted by Crippen LogP contribution is 2.36. The topological polar surface area (TPSA) is 65.4 Å². The van der Waals surface area contributed by atoms with Gasteiger partial charge in [0.25, 0.3) is 5.91 Å². The van der Waals surface area contributed by atoms with Crippen molar-refractivity contribution in [2.45, 2.75) is 51.6 Å². The highest BCUT2D eigenvalue weighted by molar-refractivity contribution is 5.93. The van der Waals surface area contributed by atoms with Crippen molar-refractivity contribution in [1.82, 2.24) is 15.1 Å². The number of hydrogen-bond donors (Lipinski definition) is 1. The first-order chi connectivity index (χ1) is 12.2. The van der Waals surface area contributed by atoms with Crippen molar-refractivity contribution >= 4 is 5.91 Å². The monoisotopic (exact) mass is 341 g/mol. The molecule has 0 saturated heterocycles. The van der Waals surface area contributed by atoms with Gasteiger partial charge in [-0.2, -0.15) is 5.10 Å². The lowest BCUT2D eigenvalue weighted by Gasteiger charge is -2.22. The highest BCUT2D eigenvalue weighted by Gasteiger charge is 2.21. The Bertz CT molecular complexity index is 778. The van der Waals surface area contributed by atoms with Crippen LogP contribution in [0.1, 0.15) is 49.5 Å². The average molecular weight is 341 g/mol.